The number of pyridine rings is 1. The third kappa shape index (κ3) is 2.94. The topological polar surface area (TPSA) is 28.2 Å². The van der Waals surface area contributed by atoms with Gasteiger partial charge < -0.3 is 10.2 Å². The first-order chi connectivity index (χ1) is 8.16. The highest BCUT2D eigenvalue weighted by Gasteiger charge is 2.02. The molecule has 2 rings (SSSR count). The third-order valence-electron chi connectivity index (χ3n) is 2.79. The predicted octanol–water partition coefficient (Wildman–Crippen LogP) is 2.52. The number of hydrogen-bond donors (Lipinski definition) is 1. The summed E-state index contributed by atoms with van der Waals surface area (Å²) in [7, 11) is 4.15. The fourth-order valence-corrected chi connectivity index (χ4v) is 1.81. The molecule has 90 valence electrons. The van der Waals surface area contributed by atoms with Crippen molar-refractivity contribution in [3.63, 3.8) is 0 Å². The number of para-hydroxylation sites is 1. The van der Waals surface area contributed by atoms with Gasteiger partial charge in [0.1, 0.15) is 0 Å². The van der Waals surface area contributed by atoms with Crippen molar-refractivity contribution in [1.29, 1.82) is 0 Å². The van der Waals surface area contributed by atoms with Crippen LogP contribution in [0.4, 0.5) is 5.69 Å². The molecule has 0 fully saturated rings. The molecular weight excluding hydrogens is 210 g/mol. The Balaban J connectivity index is 2.19. The minimum Gasteiger partial charge on any atom is -0.382 e. The second kappa shape index (κ2) is 5.15. The summed E-state index contributed by atoms with van der Waals surface area (Å²) < 4.78 is 0. The number of fused-ring (bicyclic) bond motifs is 1. The molecule has 1 aromatic carbocycles. The minimum absolute atomic E-state index is 0.938. The van der Waals surface area contributed by atoms with Crippen molar-refractivity contribution in [2.75, 3.05) is 32.5 Å². The van der Waals surface area contributed by atoms with Gasteiger partial charge in [0.15, 0.2) is 0 Å². The number of aromatic nitrogens is 1. The van der Waals surface area contributed by atoms with Gasteiger partial charge in [0.25, 0.3) is 0 Å². The van der Waals surface area contributed by atoms with Crippen LogP contribution < -0.4 is 5.32 Å². The van der Waals surface area contributed by atoms with Gasteiger partial charge in [-0.2, -0.15) is 0 Å². The lowest BCUT2D eigenvalue weighted by molar-refractivity contribution is 0.425. The molecule has 0 saturated heterocycles. The Kier molecular flexibility index (Phi) is 3.59. The summed E-state index contributed by atoms with van der Waals surface area (Å²) in [5.74, 6) is 0. The van der Waals surface area contributed by atoms with Gasteiger partial charge in [-0.15, -0.1) is 0 Å². The Morgan fingerprint density at radius 2 is 2.00 bits per heavy atom. The van der Waals surface area contributed by atoms with E-state index in [4.69, 9.17) is 0 Å². The van der Waals surface area contributed by atoms with Gasteiger partial charge in [-0.1, -0.05) is 18.2 Å². The molecule has 1 heterocycles. The van der Waals surface area contributed by atoms with Crippen LogP contribution in [0.15, 0.2) is 30.3 Å². The van der Waals surface area contributed by atoms with Crippen molar-refractivity contribution in [1.82, 2.24) is 9.88 Å². The molecule has 1 N–H and O–H groups in total. The lowest BCUT2D eigenvalue weighted by Gasteiger charge is -2.13. The molecule has 17 heavy (non-hydrogen) atoms. The van der Waals surface area contributed by atoms with E-state index in [0.29, 0.717) is 0 Å². The molecule has 0 spiro atoms. The van der Waals surface area contributed by atoms with Gasteiger partial charge in [-0.3, -0.25) is 4.98 Å². The molecule has 3 heteroatoms. The average Bonchev–Trinajstić information content (AvgIpc) is 2.29. The van der Waals surface area contributed by atoms with Crippen LogP contribution in [0.25, 0.3) is 10.9 Å². The number of benzene rings is 1. The average molecular weight is 229 g/mol. The smallest absolute Gasteiger partial charge is 0.0706 e. The number of likely N-dealkylation sites (N-methyl/N-ethyl adjacent to an activating group) is 1. The SMILES string of the molecule is Cc1nc2ccccc2cc1NCCN(C)C. The maximum atomic E-state index is 4.60. The Morgan fingerprint density at radius 1 is 1.24 bits per heavy atom. The zero-order valence-corrected chi connectivity index (χ0v) is 10.7. The van der Waals surface area contributed by atoms with E-state index in [1.807, 2.05) is 25.1 Å². The number of nitrogens with zero attached hydrogens (tertiary/aromatic N) is 2. The van der Waals surface area contributed by atoms with Crippen molar-refractivity contribution in [2.24, 2.45) is 0 Å². The van der Waals surface area contributed by atoms with Crippen LogP contribution in [0.5, 0.6) is 0 Å². The molecule has 0 aliphatic rings. The van der Waals surface area contributed by atoms with Crippen LogP contribution in [0, 0.1) is 6.92 Å². The number of rotatable bonds is 4. The first-order valence-electron chi connectivity index (χ1n) is 5.92. The Bertz CT molecular complexity index is 506. The molecule has 0 aliphatic heterocycles. The lowest BCUT2D eigenvalue weighted by atomic mass is 10.2. The van der Waals surface area contributed by atoms with Crippen molar-refractivity contribution in [3.05, 3.63) is 36.0 Å². The highest BCUT2D eigenvalue weighted by molar-refractivity contribution is 5.82. The molecule has 0 radical (unpaired) electrons. The zero-order chi connectivity index (χ0) is 12.3. The van der Waals surface area contributed by atoms with E-state index in [2.05, 4.69) is 41.4 Å². The number of aryl methyl sites for hydroxylation is 1. The summed E-state index contributed by atoms with van der Waals surface area (Å²) in [4.78, 5) is 6.76. The highest BCUT2D eigenvalue weighted by Crippen LogP contribution is 2.19. The summed E-state index contributed by atoms with van der Waals surface area (Å²) in [6.07, 6.45) is 0. The summed E-state index contributed by atoms with van der Waals surface area (Å²) in [5, 5.41) is 4.62. The molecule has 1 aromatic heterocycles. The summed E-state index contributed by atoms with van der Waals surface area (Å²) in [6, 6.07) is 10.4. The fourth-order valence-electron chi connectivity index (χ4n) is 1.81. The first kappa shape index (κ1) is 11.9. The van der Waals surface area contributed by atoms with Gasteiger partial charge in [0.05, 0.1) is 16.9 Å². The van der Waals surface area contributed by atoms with Crippen molar-refractivity contribution < 1.29 is 0 Å². The summed E-state index contributed by atoms with van der Waals surface area (Å²) >= 11 is 0. The maximum Gasteiger partial charge on any atom is 0.0706 e. The van der Waals surface area contributed by atoms with Gasteiger partial charge in [-0.05, 0) is 33.2 Å². The van der Waals surface area contributed by atoms with Crippen LogP contribution in [-0.4, -0.2) is 37.1 Å². The quantitative estimate of drug-likeness (QED) is 0.873. The number of anilines is 1. The van der Waals surface area contributed by atoms with E-state index >= 15 is 0 Å². The van der Waals surface area contributed by atoms with E-state index in [0.717, 1.165) is 30.0 Å². The molecule has 0 saturated carbocycles. The second-order valence-corrected chi connectivity index (χ2v) is 4.54. The summed E-state index contributed by atoms with van der Waals surface area (Å²) in [6.45, 7) is 4.00. The minimum atomic E-state index is 0.938. The lowest BCUT2D eigenvalue weighted by Crippen LogP contribution is -2.21. The summed E-state index contributed by atoms with van der Waals surface area (Å²) in [5.41, 5.74) is 3.25. The van der Waals surface area contributed by atoms with E-state index < -0.39 is 0 Å². The van der Waals surface area contributed by atoms with Crippen LogP contribution in [0.1, 0.15) is 5.69 Å². The standard InChI is InChI=1S/C14H19N3/c1-11-14(15-8-9-17(2)3)10-12-6-4-5-7-13(12)16-11/h4-7,10,15H,8-9H2,1-3H3. The molecule has 3 nitrogen and oxygen atoms in total. The van der Waals surface area contributed by atoms with Crippen LogP contribution >= 0.6 is 0 Å². The molecule has 0 aliphatic carbocycles. The largest absolute Gasteiger partial charge is 0.382 e. The monoisotopic (exact) mass is 229 g/mol. The second-order valence-electron chi connectivity index (χ2n) is 4.54. The molecule has 0 atom stereocenters. The third-order valence-corrected chi connectivity index (χ3v) is 2.79. The van der Waals surface area contributed by atoms with Gasteiger partial charge in [0, 0.05) is 18.5 Å². The first-order valence-corrected chi connectivity index (χ1v) is 5.92. The van der Waals surface area contributed by atoms with Crippen molar-refractivity contribution >= 4 is 16.6 Å². The predicted molar refractivity (Wildman–Crippen MR) is 73.5 cm³/mol. The Labute approximate surface area is 102 Å². The Hall–Kier alpha value is -1.61. The van der Waals surface area contributed by atoms with Crippen molar-refractivity contribution in [2.45, 2.75) is 6.92 Å². The van der Waals surface area contributed by atoms with Gasteiger partial charge >= 0.3 is 0 Å². The van der Waals surface area contributed by atoms with E-state index in [1.165, 1.54) is 5.39 Å². The molecule has 0 unspecified atom stereocenters. The van der Waals surface area contributed by atoms with E-state index in [-0.39, 0.29) is 0 Å². The number of nitrogens with one attached hydrogen (secondary N) is 1. The van der Waals surface area contributed by atoms with E-state index in [1.54, 1.807) is 0 Å². The normalized spacial score (nSPS) is 11.1. The highest BCUT2D eigenvalue weighted by atomic mass is 15.1. The Morgan fingerprint density at radius 3 is 2.76 bits per heavy atom. The van der Waals surface area contributed by atoms with Crippen molar-refractivity contribution in [3.8, 4) is 0 Å². The zero-order valence-electron chi connectivity index (χ0n) is 10.7. The maximum absolute atomic E-state index is 4.60. The fraction of sp³-hybridized carbons (Fsp3) is 0.357. The van der Waals surface area contributed by atoms with Crippen LogP contribution in [0.2, 0.25) is 0 Å². The van der Waals surface area contributed by atoms with Gasteiger partial charge in [0.2, 0.25) is 0 Å². The van der Waals surface area contributed by atoms with E-state index in [9.17, 15) is 0 Å². The molecule has 0 bridgehead atoms. The molecule has 0 amide bonds. The molecular formula is C14H19N3. The van der Waals surface area contributed by atoms with Gasteiger partial charge in [-0.25, -0.2) is 0 Å². The molecule has 2 aromatic rings. The number of hydrogen-bond acceptors (Lipinski definition) is 3. The van der Waals surface area contributed by atoms with Crippen LogP contribution in [-0.2, 0) is 0 Å². The van der Waals surface area contributed by atoms with Crippen LogP contribution in [0.3, 0.4) is 0 Å².